The topological polar surface area (TPSA) is 125 Å². The average molecular weight is 319 g/mol. The molecule has 0 aliphatic rings. The van der Waals surface area contributed by atoms with Gasteiger partial charge in [0, 0.05) is 6.54 Å². The van der Waals surface area contributed by atoms with Gasteiger partial charge in [-0.2, -0.15) is 0 Å². The van der Waals surface area contributed by atoms with E-state index >= 15 is 0 Å². The van der Waals surface area contributed by atoms with Crippen molar-refractivity contribution in [2.45, 2.75) is 18.8 Å². The maximum absolute atomic E-state index is 11.5. The third kappa shape index (κ3) is 5.20. The van der Waals surface area contributed by atoms with E-state index in [1.807, 2.05) is 30.3 Å². The molecule has 4 N–H and O–H groups in total. The fraction of sp³-hybridized carbons (Fsp3) is 0.267. The summed E-state index contributed by atoms with van der Waals surface area (Å²) in [4.78, 5) is 18.9. The number of nitrogens with zero attached hydrogens (tertiary/aromatic N) is 2. The highest BCUT2D eigenvalue weighted by Crippen LogP contribution is 2.13. The van der Waals surface area contributed by atoms with Crippen LogP contribution < -0.4 is 5.32 Å². The first-order valence-corrected chi connectivity index (χ1v) is 6.88. The predicted molar refractivity (Wildman–Crippen MR) is 79.3 cm³/mol. The minimum atomic E-state index is -1.40. The molecule has 0 fully saturated rings. The van der Waals surface area contributed by atoms with Gasteiger partial charge >= 0.3 is 6.09 Å². The summed E-state index contributed by atoms with van der Waals surface area (Å²) in [7, 11) is 0. The first-order chi connectivity index (χ1) is 11.1. The molecule has 0 saturated heterocycles. The number of hydrogen-bond donors (Lipinski definition) is 4. The zero-order valence-corrected chi connectivity index (χ0v) is 12.2. The Morgan fingerprint density at radius 3 is 2.48 bits per heavy atom. The normalized spacial score (nSPS) is 13.1. The molecule has 0 aliphatic heterocycles. The third-order valence-electron chi connectivity index (χ3n) is 2.96. The average Bonchev–Trinajstić information content (AvgIpc) is 2.58. The van der Waals surface area contributed by atoms with Crippen LogP contribution in [0.2, 0.25) is 0 Å². The Bertz CT molecular complexity index is 621. The SMILES string of the molecule is O=C(NCC(O)C(O)c1ncc(O)cn1)OCc1ccccc1. The lowest BCUT2D eigenvalue weighted by Gasteiger charge is -2.17. The summed E-state index contributed by atoms with van der Waals surface area (Å²) in [5.41, 5.74) is 0.834. The summed E-state index contributed by atoms with van der Waals surface area (Å²) in [6.45, 7) is -0.134. The number of carbonyl (C=O) groups excluding carboxylic acids is 1. The van der Waals surface area contributed by atoms with Crippen LogP contribution in [-0.2, 0) is 11.3 Å². The quantitative estimate of drug-likeness (QED) is 0.611. The van der Waals surface area contributed by atoms with Crippen molar-refractivity contribution in [3.8, 4) is 5.75 Å². The van der Waals surface area contributed by atoms with Crippen molar-refractivity contribution in [1.82, 2.24) is 15.3 Å². The van der Waals surface area contributed by atoms with Crippen LogP contribution in [0.4, 0.5) is 4.79 Å². The predicted octanol–water partition coefficient (Wildman–Crippen LogP) is 0.503. The van der Waals surface area contributed by atoms with Gasteiger partial charge in [-0.25, -0.2) is 14.8 Å². The summed E-state index contributed by atoms with van der Waals surface area (Å²) in [5, 5.41) is 31.1. The maximum atomic E-state index is 11.5. The number of aromatic hydroxyl groups is 1. The smallest absolute Gasteiger partial charge is 0.407 e. The van der Waals surface area contributed by atoms with E-state index in [0.717, 1.165) is 18.0 Å². The van der Waals surface area contributed by atoms with Gasteiger partial charge < -0.3 is 25.4 Å². The molecule has 1 aromatic heterocycles. The minimum absolute atomic E-state index is 0.0604. The van der Waals surface area contributed by atoms with Gasteiger partial charge in [-0.3, -0.25) is 0 Å². The third-order valence-corrected chi connectivity index (χ3v) is 2.96. The molecular formula is C15H17N3O5. The van der Waals surface area contributed by atoms with Crippen LogP contribution in [-0.4, -0.2) is 44.0 Å². The molecule has 2 aromatic rings. The van der Waals surface area contributed by atoms with Crippen LogP contribution in [0.15, 0.2) is 42.7 Å². The van der Waals surface area contributed by atoms with Gasteiger partial charge in [0.05, 0.1) is 12.4 Å². The molecular weight excluding hydrogens is 302 g/mol. The van der Waals surface area contributed by atoms with Crippen molar-refractivity contribution < 1.29 is 24.9 Å². The molecule has 23 heavy (non-hydrogen) atoms. The number of hydrogen-bond acceptors (Lipinski definition) is 7. The number of carbonyl (C=O) groups is 1. The van der Waals surface area contributed by atoms with Crippen molar-refractivity contribution in [2.24, 2.45) is 0 Å². The molecule has 0 radical (unpaired) electrons. The number of rotatable bonds is 6. The largest absolute Gasteiger partial charge is 0.505 e. The molecule has 8 heteroatoms. The van der Waals surface area contributed by atoms with E-state index in [9.17, 15) is 15.0 Å². The Balaban J connectivity index is 1.75. The first kappa shape index (κ1) is 16.7. The van der Waals surface area contributed by atoms with E-state index in [1.54, 1.807) is 0 Å². The van der Waals surface area contributed by atoms with Gasteiger partial charge in [0.2, 0.25) is 0 Å². The lowest BCUT2D eigenvalue weighted by molar-refractivity contribution is 0.0131. The highest BCUT2D eigenvalue weighted by Gasteiger charge is 2.21. The number of benzene rings is 1. The zero-order chi connectivity index (χ0) is 16.7. The molecule has 2 atom stereocenters. The minimum Gasteiger partial charge on any atom is -0.505 e. The zero-order valence-electron chi connectivity index (χ0n) is 12.2. The fourth-order valence-electron chi connectivity index (χ4n) is 1.73. The second-order valence-corrected chi connectivity index (χ2v) is 4.75. The van der Waals surface area contributed by atoms with Crippen LogP contribution in [0.25, 0.3) is 0 Å². The van der Waals surface area contributed by atoms with Gasteiger partial charge in [0.15, 0.2) is 11.6 Å². The Morgan fingerprint density at radius 2 is 1.83 bits per heavy atom. The Morgan fingerprint density at radius 1 is 1.17 bits per heavy atom. The van der Waals surface area contributed by atoms with Gasteiger partial charge in [0.25, 0.3) is 0 Å². The van der Waals surface area contributed by atoms with E-state index in [2.05, 4.69) is 15.3 Å². The van der Waals surface area contributed by atoms with Gasteiger partial charge in [-0.15, -0.1) is 0 Å². The summed E-state index contributed by atoms with van der Waals surface area (Å²) in [6.07, 6.45) is -1.24. The molecule has 0 spiro atoms. The Kier molecular flexibility index (Phi) is 5.84. The lowest BCUT2D eigenvalue weighted by atomic mass is 10.2. The lowest BCUT2D eigenvalue weighted by Crippen LogP contribution is -2.36. The van der Waals surface area contributed by atoms with Crippen molar-refractivity contribution in [3.63, 3.8) is 0 Å². The molecule has 122 valence electrons. The van der Waals surface area contributed by atoms with E-state index in [4.69, 9.17) is 9.84 Å². The van der Waals surface area contributed by atoms with Crippen LogP contribution in [0, 0.1) is 0 Å². The standard InChI is InChI=1S/C15H17N3O5/c19-11-6-16-14(17-7-11)13(21)12(20)8-18-15(22)23-9-10-4-2-1-3-5-10/h1-7,12-13,19-21H,8-9H2,(H,18,22). The first-order valence-electron chi connectivity index (χ1n) is 6.88. The second-order valence-electron chi connectivity index (χ2n) is 4.75. The number of ether oxygens (including phenoxy) is 1. The summed E-state index contributed by atoms with van der Waals surface area (Å²) in [5.74, 6) is -0.215. The number of aliphatic hydroxyl groups is 2. The van der Waals surface area contributed by atoms with Crippen molar-refractivity contribution in [2.75, 3.05) is 6.54 Å². The fourth-order valence-corrected chi connectivity index (χ4v) is 1.73. The number of aliphatic hydroxyl groups excluding tert-OH is 2. The second kappa shape index (κ2) is 8.06. The Labute approximate surface area is 132 Å². The summed E-state index contributed by atoms with van der Waals surface area (Å²) < 4.78 is 4.97. The molecule has 1 amide bonds. The molecule has 0 bridgehead atoms. The summed E-state index contributed by atoms with van der Waals surface area (Å²) >= 11 is 0. The van der Waals surface area contributed by atoms with Crippen molar-refractivity contribution in [1.29, 1.82) is 0 Å². The van der Waals surface area contributed by atoms with Gasteiger partial charge in [0.1, 0.15) is 18.8 Å². The molecule has 2 unspecified atom stereocenters. The van der Waals surface area contributed by atoms with Crippen LogP contribution >= 0.6 is 0 Å². The number of nitrogens with one attached hydrogen (secondary N) is 1. The molecule has 2 rings (SSSR count). The number of amides is 1. The monoisotopic (exact) mass is 319 g/mol. The van der Waals surface area contributed by atoms with Crippen LogP contribution in [0.3, 0.4) is 0 Å². The number of aromatic nitrogens is 2. The molecule has 1 heterocycles. The highest BCUT2D eigenvalue weighted by atomic mass is 16.5. The van der Waals surface area contributed by atoms with Gasteiger partial charge in [-0.1, -0.05) is 30.3 Å². The van der Waals surface area contributed by atoms with E-state index in [0.29, 0.717) is 0 Å². The highest BCUT2D eigenvalue weighted by molar-refractivity contribution is 5.67. The molecule has 1 aromatic carbocycles. The van der Waals surface area contributed by atoms with E-state index in [-0.39, 0.29) is 24.7 Å². The molecule has 8 nitrogen and oxygen atoms in total. The summed E-state index contributed by atoms with van der Waals surface area (Å²) in [6, 6.07) is 9.14. The Hall–Kier alpha value is -2.71. The van der Waals surface area contributed by atoms with E-state index in [1.165, 1.54) is 0 Å². The molecule has 0 aliphatic carbocycles. The van der Waals surface area contributed by atoms with Crippen LogP contribution in [0.5, 0.6) is 5.75 Å². The van der Waals surface area contributed by atoms with Crippen LogP contribution in [0.1, 0.15) is 17.5 Å². The van der Waals surface area contributed by atoms with E-state index < -0.39 is 18.3 Å². The van der Waals surface area contributed by atoms with Crippen molar-refractivity contribution >= 4 is 6.09 Å². The molecule has 0 saturated carbocycles. The number of alkyl carbamates (subject to hydrolysis) is 1. The maximum Gasteiger partial charge on any atom is 0.407 e. The van der Waals surface area contributed by atoms with Gasteiger partial charge in [-0.05, 0) is 5.56 Å². The van der Waals surface area contributed by atoms with Crippen molar-refractivity contribution in [3.05, 3.63) is 54.1 Å².